The van der Waals surface area contributed by atoms with Crippen LogP contribution in [0.15, 0.2) is 0 Å². The van der Waals surface area contributed by atoms with E-state index in [-0.39, 0.29) is 11.2 Å². The summed E-state index contributed by atoms with van der Waals surface area (Å²) in [5.74, 6) is 1.11. The second-order valence-electron chi connectivity index (χ2n) is 2.72. The number of rotatable bonds is 5. The van der Waals surface area contributed by atoms with Crippen molar-refractivity contribution >= 4 is 17.7 Å². The molecule has 0 spiro atoms. The normalized spacial score (nSPS) is 15.9. The summed E-state index contributed by atoms with van der Waals surface area (Å²) in [6, 6.07) is 0. The Balaban J connectivity index is 3.45. The number of carbonyl (C=O) groups is 1. The van der Waals surface area contributed by atoms with Crippen molar-refractivity contribution in [3.8, 4) is 0 Å². The fourth-order valence-corrected chi connectivity index (χ4v) is 1.38. The van der Waals surface area contributed by atoms with E-state index in [1.807, 2.05) is 6.92 Å². The third kappa shape index (κ3) is 5.09. The van der Waals surface area contributed by atoms with Gasteiger partial charge in [0, 0.05) is 0 Å². The lowest BCUT2D eigenvalue weighted by Crippen LogP contribution is -2.24. The molecule has 0 radical (unpaired) electrons. The number of primary amides is 1. The second-order valence-corrected chi connectivity index (χ2v) is 4.09. The maximum Gasteiger partial charge on any atom is 0.230 e. The topological polar surface area (TPSA) is 69.1 Å². The van der Waals surface area contributed by atoms with Gasteiger partial charge in [0.05, 0.1) is 5.25 Å². The van der Waals surface area contributed by atoms with Gasteiger partial charge in [-0.05, 0) is 25.1 Å². The maximum atomic E-state index is 10.6. The van der Waals surface area contributed by atoms with Gasteiger partial charge in [0.1, 0.15) is 0 Å². The van der Waals surface area contributed by atoms with Gasteiger partial charge in [0.15, 0.2) is 0 Å². The van der Waals surface area contributed by atoms with E-state index in [0.717, 1.165) is 5.75 Å². The van der Waals surface area contributed by atoms with E-state index in [0.29, 0.717) is 12.5 Å². The number of amides is 1. The van der Waals surface area contributed by atoms with Crippen molar-refractivity contribution in [3.05, 3.63) is 0 Å². The molecular weight excluding hydrogens is 160 g/mol. The van der Waals surface area contributed by atoms with E-state index in [9.17, 15) is 4.79 Å². The molecule has 0 aromatic rings. The highest BCUT2D eigenvalue weighted by Gasteiger charge is 2.10. The van der Waals surface area contributed by atoms with E-state index in [1.54, 1.807) is 11.8 Å². The van der Waals surface area contributed by atoms with E-state index < -0.39 is 0 Å². The Bertz CT molecular complexity index is 130. The third-order valence-corrected chi connectivity index (χ3v) is 2.93. The first-order valence-electron chi connectivity index (χ1n) is 3.69. The minimum atomic E-state index is -0.251. The molecule has 0 aliphatic carbocycles. The van der Waals surface area contributed by atoms with Crippen LogP contribution in [0, 0.1) is 5.92 Å². The molecule has 0 aromatic carbocycles. The first-order valence-corrected chi connectivity index (χ1v) is 4.73. The van der Waals surface area contributed by atoms with Gasteiger partial charge < -0.3 is 11.5 Å². The van der Waals surface area contributed by atoms with Crippen molar-refractivity contribution < 1.29 is 4.79 Å². The summed E-state index contributed by atoms with van der Waals surface area (Å²) in [5, 5.41) is -0.0935. The predicted octanol–water partition coefficient (Wildman–Crippen LogP) is 0.188. The quantitative estimate of drug-likeness (QED) is 0.628. The van der Waals surface area contributed by atoms with Crippen LogP contribution in [-0.4, -0.2) is 23.5 Å². The molecule has 0 aliphatic heterocycles. The molecule has 0 rings (SSSR count). The van der Waals surface area contributed by atoms with Crippen LogP contribution in [0.25, 0.3) is 0 Å². The van der Waals surface area contributed by atoms with Crippen molar-refractivity contribution in [2.24, 2.45) is 17.4 Å². The minimum Gasteiger partial charge on any atom is -0.369 e. The number of thioether (sulfide) groups is 1. The Morgan fingerprint density at radius 2 is 2.09 bits per heavy atom. The molecule has 0 aromatic heterocycles. The Kier molecular flexibility index (Phi) is 5.32. The monoisotopic (exact) mass is 176 g/mol. The lowest BCUT2D eigenvalue weighted by molar-refractivity contribution is -0.117. The summed E-state index contributed by atoms with van der Waals surface area (Å²) in [7, 11) is 0. The third-order valence-electron chi connectivity index (χ3n) is 1.43. The minimum absolute atomic E-state index is 0.0935. The molecule has 0 bridgehead atoms. The van der Waals surface area contributed by atoms with E-state index >= 15 is 0 Å². The molecule has 66 valence electrons. The Morgan fingerprint density at radius 1 is 1.55 bits per heavy atom. The molecule has 1 amide bonds. The van der Waals surface area contributed by atoms with E-state index in [4.69, 9.17) is 11.5 Å². The Morgan fingerprint density at radius 3 is 2.45 bits per heavy atom. The van der Waals surface area contributed by atoms with Crippen molar-refractivity contribution in [2.45, 2.75) is 19.1 Å². The zero-order chi connectivity index (χ0) is 8.85. The number of hydrogen-bond donors (Lipinski definition) is 2. The van der Waals surface area contributed by atoms with Crippen LogP contribution in [0.3, 0.4) is 0 Å². The molecule has 0 heterocycles. The van der Waals surface area contributed by atoms with Gasteiger partial charge in [-0.2, -0.15) is 0 Å². The van der Waals surface area contributed by atoms with Gasteiger partial charge in [-0.3, -0.25) is 4.79 Å². The highest BCUT2D eigenvalue weighted by Crippen LogP contribution is 2.13. The Hall–Kier alpha value is -0.220. The van der Waals surface area contributed by atoms with Crippen LogP contribution in [0.4, 0.5) is 0 Å². The van der Waals surface area contributed by atoms with Gasteiger partial charge in [-0.1, -0.05) is 6.92 Å². The molecule has 2 atom stereocenters. The van der Waals surface area contributed by atoms with E-state index in [1.165, 1.54) is 0 Å². The molecule has 4 N–H and O–H groups in total. The van der Waals surface area contributed by atoms with Crippen LogP contribution in [0.5, 0.6) is 0 Å². The second kappa shape index (κ2) is 5.43. The fourth-order valence-electron chi connectivity index (χ4n) is 0.459. The van der Waals surface area contributed by atoms with Crippen LogP contribution in [-0.2, 0) is 4.79 Å². The molecule has 0 fully saturated rings. The van der Waals surface area contributed by atoms with Crippen molar-refractivity contribution in [2.75, 3.05) is 12.3 Å². The van der Waals surface area contributed by atoms with Crippen molar-refractivity contribution in [1.29, 1.82) is 0 Å². The zero-order valence-electron chi connectivity index (χ0n) is 7.04. The van der Waals surface area contributed by atoms with Gasteiger partial charge in [-0.15, -0.1) is 11.8 Å². The highest BCUT2D eigenvalue weighted by atomic mass is 32.2. The van der Waals surface area contributed by atoms with Gasteiger partial charge >= 0.3 is 0 Å². The zero-order valence-corrected chi connectivity index (χ0v) is 7.86. The SMILES string of the molecule is CC(CN)CSC(C)C(N)=O. The number of hydrogen-bond acceptors (Lipinski definition) is 3. The van der Waals surface area contributed by atoms with Crippen LogP contribution >= 0.6 is 11.8 Å². The standard InChI is InChI=1S/C7H16N2OS/c1-5(3-8)4-11-6(2)7(9)10/h5-6H,3-4,8H2,1-2H3,(H2,9,10). The van der Waals surface area contributed by atoms with E-state index in [2.05, 4.69) is 6.92 Å². The number of nitrogens with two attached hydrogens (primary N) is 2. The molecule has 0 saturated heterocycles. The van der Waals surface area contributed by atoms with Crippen LogP contribution < -0.4 is 11.5 Å². The van der Waals surface area contributed by atoms with Crippen LogP contribution in [0.1, 0.15) is 13.8 Å². The maximum absolute atomic E-state index is 10.6. The fraction of sp³-hybridized carbons (Fsp3) is 0.857. The first kappa shape index (κ1) is 10.8. The van der Waals surface area contributed by atoms with Gasteiger partial charge in [-0.25, -0.2) is 0 Å². The molecule has 0 aliphatic rings. The summed E-state index contributed by atoms with van der Waals surface area (Å²) in [6.45, 7) is 4.54. The largest absolute Gasteiger partial charge is 0.369 e. The lowest BCUT2D eigenvalue weighted by Gasteiger charge is -2.10. The van der Waals surface area contributed by atoms with Gasteiger partial charge in [0.2, 0.25) is 5.91 Å². The molecule has 2 unspecified atom stereocenters. The summed E-state index contributed by atoms with van der Waals surface area (Å²) >= 11 is 1.56. The highest BCUT2D eigenvalue weighted by molar-refractivity contribution is 8.00. The van der Waals surface area contributed by atoms with Crippen molar-refractivity contribution in [1.82, 2.24) is 0 Å². The summed E-state index contributed by atoms with van der Waals surface area (Å²) in [5.41, 5.74) is 10.5. The predicted molar refractivity (Wildman–Crippen MR) is 49.3 cm³/mol. The molecule has 4 heteroatoms. The van der Waals surface area contributed by atoms with Crippen LogP contribution in [0.2, 0.25) is 0 Å². The molecule has 11 heavy (non-hydrogen) atoms. The summed E-state index contributed by atoms with van der Waals surface area (Å²) < 4.78 is 0. The van der Waals surface area contributed by atoms with Gasteiger partial charge in [0.25, 0.3) is 0 Å². The Labute approximate surface area is 71.9 Å². The summed E-state index contributed by atoms with van der Waals surface area (Å²) in [4.78, 5) is 10.6. The van der Waals surface area contributed by atoms with Crippen molar-refractivity contribution in [3.63, 3.8) is 0 Å². The molecule has 0 saturated carbocycles. The molecular formula is C7H16N2OS. The average molecular weight is 176 g/mol. The smallest absolute Gasteiger partial charge is 0.230 e. The molecule has 3 nitrogen and oxygen atoms in total. The lowest BCUT2D eigenvalue weighted by atomic mass is 10.2. The number of carbonyl (C=O) groups excluding carboxylic acids is 1. The first-order chi connectivity index (χ1) is 5.07. The average Bonchev–Trinajstić information content (AvgIpc) is 1.99. The summed E-state index contributed by atoms with van der Waals surface area (Å²) in [6.07, 6.45) is 0.